The third-order valence-electron chi connectivity index (χ3n) is 9.93. The average Bonchev–Trinajstić information content (AvgIpc) is 4.08. The van der Waals surface area contributed by atoms with E-state index < -0.39 is 4.92 Å². The lowest BCUT2D eigenvalue weighted by molar-refractivity contribution is -0.383. The van der Waals surface area contributed by atoms with Crippen molar-refractivity contribution in [2.24, 2.45) is 0 Å². The number of nitrogen functional groups attached to an aromatic ring is 1. The van der Waals surface area contributed by atoms with Gasteiger partial charge in [-0.2, -0.15) is 0 Å². The fourth-order valence-electron chi connectivity index (χ4n) is 6.70. The molecule has 306 valence electrons. The summed E-state index contributed by atoms with van der Waals surface area (Å²) >= 11 is 0. The molecular weight excluding hydrogens is 775 g/mol. The van der Waals surface area contributed by atoms with Crippen LogP contribution >= 0.6 is 0 Å². The van der Waals surface area contributed by atoms with Gasteiger partial charge in [0.1, 0.15) is 5.52 Å². The van der Waals surface area contributed by atoms with Gasteiger partial charge in [-0.15, -0.1) is 0 Å². The number of imidazole rings is 4. The van der Waals surface area contributed by atoms with Gasteiger partial charge in [-0.1, -0.05) is 24.3 Å². The van der Waals surface area contributed by atoms with Gasteiger partial charge in [0.25, 0.3) is 11.4 Å². The van der Waals surface area contributed by atoms with Crippen LogP contribution in [0.25, 0.3) is 44.1 Å². The van der Waals surface area contributed by atoms with Crippen molar-refractivity contribution in [3.8, 4) is 0 Å². The number of pyridine rings is 2. The maximum atomic E-state index is 11.2. The lowest BCUT2D eigenvalue weighted by Crippen LogP contribution is -1.99. The van der Waals surface area contributed by atoms with Gasteiger partial charge in [0.2, 0.25) is 0 Å². The van der Waals surface area contributed by atoms with E-state index in [1.54, 1.807) is 69.5 Å². The number of aromatic nitrogens is 10. The quantitative estimate of drug-likeness (QED) is 0.0816. The molecule has 0 atom stereocenters. The molecule has 6 heterocycles. The fraction of sp³-hybridized carbons (Fsp3) is 0.136. The van der Waals surface area contributed by atoms with Crippen molar-refractivity contribution in [2.75, 3.05) is 5.73 Å². The van der Waals surface area contributed by atoms with Crippen molar-refractivity contribution in [2.45, 2.75) is 40.8 Å². The molecule has 0 fully saturated rings. The van der Waals surface area contributed by atoms with Crippen LogP contribution in [0.4, 0.5) is 17.1 Å². The highest BCUT2D eigenvalue weighted by Gasteiger charge is 2.20. The van der Waals surface area contributed by atoms with Crippen molar-refractivity contribution in [1.82, 2.24) is 49.0 Å². The Hall–Kier alpha value is -8.34. The second-order valence-corrected chi connectivity index (χ2v) is 14.2. The van der Waals surface area contributed by atoms with Gasteiger partial charge in [-0.25, -0.2) is 19.9 Å². The largest absolute Gasteiger partial charge is 0.397 e. The van der Waals surface area contributed by atoms with Crippen LogP contribution < -0.4 is 5.73 Å². The number of nitrogens with one attached hydrogen (secondary N) is 2. The molecular formula is C44H41N13O4. The topological polar surface area (TPSA) is 231 Å². The minimum absolute atomic E-state index is 0.0796. The van der Waals surface area contributed by atoms with Crippen molar-refractivity contribution in [1.29, 1.82) is 0 Å². The molecule has 0 aliphatic heterocycles. The smallest absolute Gasteiger partial charge is 0.299 e. The third-order valence-corrected chi connectivity index (χ3v) is 9.93. The standard InChI is InChI=1S/C14H12N4O2.C14H14N4.C8H7N3O2.C8H8N2/c1-10-2-3-12-13(14(10)18(19)20)16-9-17(12)8-11-4-6-15-7-5-11;1-10-2-3-12-14(13(10)15)17-9-18(12)8-11-4-6-16-7-5-11;1-5-2-3-6-7(10-4-9-6)8(5)11(12)13;1-6-2-3-7-8(4-6)10-5-9-7/h2-7,9H,8H2,1H3;2-7,9H,8,15H2,1H3;2-4H,1H3,(H,9,10);2-5H,1H3,(H,9,10). The number of aromatic amines is 2. The number of benzene rings is 4. The van der Waals surface area contributed by atoms with Gasteiger partial charge in [0.05, 0.1) is 68.4 Å². The molecule has 10 aromatic rings. The summed E-state index contributed by atoms with van der Waals surface area (Å²) in [6.45, 7) is 8.88. The number of rotatable bonds is 6. The Morgan fingerprint density at radius 1 is 0.574 bits per heavy atom. The zero-order chi connectivity index (χ0) is 43.0. The van der Waals surface area contributed by atoms with Gasteiger partial charge >= 0.3 is 0 Å². The predicted octanol–water partition coefficient (Wildman–Crippen LogP) is 8.72. The van der Waals surface area contributed by atoms with Gasteiger partial charge in [0.15, 0.2) is 11.0 Å². The number of nitro benzene ring substituents is 2. The number of aryl methyl sites for hydroxylation is 4. The Bertz CT molecular complexity index is 3120. The molecule has 0 amide bonds. The van der Waals surface area contributed by atoms with E-state index in [9.17, 15) is 20.2 Å². The van der Waals surface area contributed by atoms with E-state index in [-0.39, 0.29) is 16.3 Å². The van der Waals surface area contributed by atoms with Crippen LogP contribution in [0.5, 0.6) is 0 Å². The first-order valence-electron chi connectivity index (χ1n) is 19.0. The molecule has 17 nitrogen and oxygen atoms in total. The summed E-state index contributed by atoms with van der Waals surface area (Å²) in [5.41, 5.74) is 19.2. The van der Waals surface area contributed by atoms with Gasteiger partial charge in [0, 0.05) is 49.0 Å². The van der Waals surface area contributed by atoms with E-state index in [0.29, 0.717) is 34.2 Å². The molecule has 0 radical (unpaired) electrons. The van der Waals surface area contributed by atoms with Crippen LogP contribution in [0.3, 0.4) is 0 Å². The number of nitro groups is 2. The Morgan fingerprint density at radius 2 is 1.08 bits per heavy atom. The molecule has 0 unspecified atom stereocenters. The van der Waals surface area contributed by atoms with Crippen LogP contribution in [-0.2, 0) is 13.1 Å². The maximum Gasteiger partial charge on any atom is 0.299 e. The van der Waals surface area contributed by atoms with E-state index in [2.05, 4.69) is 69.6 Å². The Labute approximate surface area is 348 Å². The zero-order valence-electron chi connectivity index (χ0n) is 33.7. The number of fused-ring (bicyclic) bond motifs is 4. The summed E-state index contributed by atoms with van der Waals surface area (Å²) in [7, 11) is 0. The van der Waals surface area contributed by atoms with Crippen molar-refractivity contribution in [3.63, 3.8) is 0 Å². The number of anilines is 1. The van der Waals surface area contributed by atoms with Crippen molar-refractivity contribution >= 4 is 61.2 Å². The first-order valence-corrected chi connectivity index (χ1v) is 19.0. The van der Waals surface area contributed by atoms with Gasteiger partial charge in [-0.3, -0.25) is 30.2 Å². The highest BCUT2D eigenvalue weighted by molar-refractivity contribution is 5.89. The molecule has 4 aromatic carbocycles. The Morgan fingerprint density at radius 3 is 1.69 bits per heavy atom. The number of H-pyrrole nitrogens is 2. The van der Waals surface area contributed by atoms with E-state index in [0.717, 1.165) is 50.9 Å². The second kappa shape index (κ2) is 18.1. The zero-order valence-corrected chi connectivity index (χ0v) is 33.7. The van der Waals surface area contributed by atoms with Crippen LogP contribution in [0.15, 0.2) is 129 Å². The molecule has 0 aliphatic rings. The molecule has 10 rings (SSSR count). The van der Waals surface area contributed by atoms with Crippen molar-refractivity contribution in [3.05, 3.63) is 183 Å². The molecule has 4 N–H and O–H groups in total. The van der Waals surface area contributed by atoms with E-state index >= 15 is 0 Å². The first kappa shape index (κ1) is 40.8. The molecule has 0 saturated heterocycles. The molecule has 17 heteroatoms. The monoisotopic (exact) mass is 815 g/mol. The first-order chi connectivity index (χ1) is 29.5. The number of nitrogens with two attached hydrogens (primary N) is 1. The highest BCUT2D eigenvalue weighted by atomic mass is 16.6. The van der Waals surface area contributed by atoms with Crippen LogP contribution in [0.2, 0.25) is 0 Å². The lowest BCUT2D eigenvalue weighted by atomic mass is 10.1. The predicted molar refractivity (Wildman–Crippen MR) is 235 cm³/mol. The van der Waals surface area contributed by atoms with E-state index in [1.807, 2.05) is 60.3 Å². The van der Waals surface area contributed by atoms with E-state index in [4.69, 9.17) is 5.73 Å². The molecule has 0 aliphatic carbocycles. The third kappa shape index (κ3) is 9.20. The number of hydrogen-bond acceptors (Lipinski definition) is 11. The summed E-state index contributed by atoms with van der Waals surface area (Å²) in [6.07, 6.45) is 13.7. The Kier molecular flexibility index (Phi) is 12.1. The second-order valence-electron chi connectivity index (χ2n) is 14.2. The van der Waals surface area contributed by atoms with Gasteiger partial charge < -0.3 is 24.8 Å². The van der Waals surface area contributed by atoms with Gasteiger partial charge in [-0.05, 0) is 105 Å². The summed E-state index contributed by atoms with van der Waals surface area (Å²) < 4.78 is 4.00. The number of hydrogen-bond donors (Lipinski definition) is 3. The number of nitrogens with zero attached hydrogens (tertiary/aromatic N) is 10. The average molecular weight is 816 g/mol. The van der Waals surface area contributed by atoms with Crippen LogP contribution in [0, 0.1) is 47.9 Å². The molecule has 0 spiro atoms. The minimum Gasteiger partial charge on any atom is -0.397 e. The van der Waals surface area contributed by atoms with E-state index in [1.165, 1.54) is 17.5 Å². The lowest BCUT2D eigenvalue weighted by Gasteiger charge is -2.05. The Balaban J connectivity index is 0.000000126. The molecule has 61 heavy (non-hydrogen) atoms. The van der Waals surface area contributed by atoms with Crippen LogP contribution in [-0.4, -0.2) is 58.9 Å². The fourth-order valence-corrected chi connectivity index (χ4v) is 6.70. The van der Waals surface area contributed by atoms with Crippen molar-refractivity contribution < 1.29 is 9.85 Å². The summed E-state index contributed by atoms with van der Waals surface area (Å²) in [6, 6.07) is 25.2. The van der Waals surface area contributed by atoms with Crippen LogP contribution in [0.1, 0.15) is 33.4 Å². The summed E-state index contributed by atoms with van der Waals surface area (Å²) in [5, 5.41) is 21.8. The SMILES string of the molecule is Cc1ccc2[nH]cnc2c1[N+](=O)[O-].Cc1ccc2c(ncn2Cc2ccncc2)c1N.Cc1ccc2c(ncn2Cc2ccncc2)c1[N+](=O)[O-].Cc1ccc2nc[nH]c2c1. The molecule has 0 bridgehead atoms. The highest BCUT2D eigenvalue weighted by Crippen LogP contribution is 2.29. The normalized spacial score (nSPS) is 10.8. The summed E-state index contributed by atoms with van der Waals surface area (Å²) in [4.78, 5) is 51.5. The maximum absolute atomic E-state index is 11.2. The minimum atomic E-state index is -0.404. The summed E-state index contributed by atoms with van der Waals surface area (Å²) in [5.74, 6) is 0. The molecule has 0 saturated carbocycles. The molecule has 6 aromatic heterocycles.